The van der Waals surface area contributed by atoms with Crippen LogP contribution >= 0.6 is 0 Å². The van der Waals surface area contributed by atoms with Gasteiger partial charge >= 0.3 is 0 Å². The zero-order valence-electron chi connectivity index (χ0n) is 11.6. The zero-order chi connectivity index (χ0) is 13.8. The number of Topliss-reactive ketones (excluding diaryl/α,β-unsaturated/α-hetero) is 1. The zero-order valence-corrected chi connectivity index (χ0v) is 11.6. The van der Waals surface area contributed by atoms with Crippen molar-refractivity contribution in [2.45, 2.75) is 33.6 Å². The Kier molecular flexibility index (Phi) is 4.05. The predicted octanol–water partition coefficient (Wildman–Crippen LogP) is 3.28. The molecule has 0 saturated heterocycles. The van der Waals surface area contributed by atoms with E-state index in [1.54, 1.807) is 13.1 Å². The molecule has 1 aromatic heterocycles. The van der Waals surface area contributed by atoms with E-state index in [-0.39, 0.29) is 5.78 Å². The summed E-state index contributed by atoms with van der Waals surface area (Å²) in [5, 5.41) is 0. The molecule has 0 aliphatic heterocycles. The standard InChI is InChI=1S/C16H18N2O/c1-11-4-5-12(2)14(10-11)15-8-9-17-16(18-15)7-6-13(3)19/h4-5,8-10H,6-7H2,1-3H3. The SMILES string of the molecule is CC(=O)CCc1nccc(-c2cc(C)ccc2C)n1. The fraction of sp³-hybridized carbons (Fsp3) is 0.312. The first-order valence-electron chi connectivity index (χ1n) is 6.45. The molecular weight excluding hydrogens is 236 g/mol. The Morgan fingerprint density at radius 2 is 2.00 bits per heavy atom. The number of hydrogen-bond acceptors (Lipinski definition) is 3. The highest BCUT2D eigenvalue weighted by Gasteiger charge is 2.06. The summed E-state index contributed by atoms with van der Waals surface area (Å²) < 4.78 is 0. The number of benzene rings is 1. The van der Waals surface area contributed by atoms with E-state index in [2.05, 4.69) is 42.0 Å². The first-order valence-corrected chi connectivity index (χ1v) is 6.45. The summed E-state index contributed by atoms with van der Waals surface area (Å²) in [7, 11) is 0. The van der Waals surface area contributed by atoms with Crippen molar-refractivity contribution >= 4 is 5.78 Å². The molecule has 0 spiro atoms. The average molecular weight is 254 g/mol. The smallest absolute Gasteiger partial charge is 0.130 e. The summed E-state index contributed by atoms with van der Waals surface area (Å²) in [5.41, 5.74) is 4.47. The molecule has 0 atom stereocenters. The van der Waals surface area contributed by atoms with E-state index in [0.29, 0.717) is 12.8 Å². The lowest BCUT2D eigenvalue weighted by atomic mass is 10.0. The van der Waals surface area contributed by atoms with Gasteiger partial charge in [0.25, 0.3) is 0 Å². The van der Waals surface area contributed by atoms with Crippen molar-refractivity contribution in [2.24, 2.45) is 0 Å². The van der Waals surface area contributed by atoms with Crippen LogP contribution in [0.2, 0.25) is 0 Å². The third kappa shape index (κ3) is 3.47. The van der Waals surface area contributed by atoms with Gasteiger partial charge in [0.15, 0.2) is 0 Å². The average Bonchev–Trinajstić information content (AvgIpc) is 2.39. The normalized spacial score (nSPS) is 10.5. The quantitative estimate of drug-likeness (QED) is 0.841. The van der Waals surface area contributed by atoms with Crippen LogP contribution in [0.3, 0.4) is 0 Å². The maximum Gasteiger partial charge on any atom is 0.130 e. The molecule has 1 aromatic carbocycles. The molecule has 0 bridgehead atoms. The van der Waals surface area contributed by atoms with Crippen molar-refractivity contribution in [1.29, 1.82) is 0 Å². The molecule has 0 unspecified atom stereocenters. The van der Waals surface area contributed by atoms with Gasteiger partial charge in [-0.05, 0) is 38.5 Å². The van der Waals surface area contributed by atoms with Gasteiger partial charge < -0.3 is 4.79 Å². The summed E-state index contributed by atoms with van der Waals surface area (Å²) >= 11 is 0. The van der Waals surface area contributed by atoms with Gasteiger partial charge in [0.05, 0.1) is 5.69 Å². The largest absolute Gasteiger partial charge is 0.300 e. The highest BCUT2D eigenvalue weighted by Crippen LogP contribution is 2.22. The molecule has 19 heavy (non-hydrogen) atoms. The van der Waals surface area contributed by atoms with Crippen molar-refractivity contribution in [2.75, 3.05) is 0 Å². The molecule has 0 saturated carbocycles. The second-order valence-electron chi connectivity index (χ2n) is 4.88. The lowest BCUT2D eigenvalue weighted by Gasteiger charge is -2.07. The van der Waals surface area contributed by atoms with Crippen LogP contribution in [0.25, 0.3) is 11.3 Å². The van der Waals surface area contributed by atoms with E-state index < -0.39 is 0 Å². The van der Waals surface area contributed by atoms with Crippen LogP contribution in [0.4, 0.5) is 0 Å². The summed E-state index contributed by atoms with van der Waals surface area (Å²) in [5.74, 6) is 0.898. The summed E-state index contributed by atoms with van der Waals surface area (Å²) in [6.07, 6.45) is 2.86. The van der Waals surface area contributed by atoms with Gasteiger partial charge in [-0.15, -0.1) is 0 Å². The van der Waals surface area contributed by atoms with Crippen molar-refractivity contribution in [3.8, 4) is 11.3 Å². The Bertz CT molecular complexity index is 605. The van der Waals surface area contributed by atoms with Crippen LogP contribution in [0, 0.1) is 13.8 Å². The topological polar surface area (TPSA) is 42.9 Å². The van der Waals surface area contributed by atoms with Crippen LogP contribution in [0.5, 0.6) is 0 Å². The van der Waals surface area contributed by atoms with E-state index in [4.69, 9.17) is 0 Å². The third-order valence-corrected chi connectivity index (χ3v) is 3.08. The number of carbonyl (C=O) groups excluding carboxylic acids is 1. The van der Waals surface area contributed by atoms with Crippen LogP contribution in [-0.4, -0.2) is 15.8 Å². The first-order chi connectivity index (χ1) is 9.06. The Morgan fingerprint density at radius 3 is 2.74 bits per heavy atom. The van der Waals surface area contributed by atoms with E-state index in [1.165, 1.54) is 11.1 Å². The Hall–Kier alpha value is -2.03. The fourth-order valence-electron chi connectivity index (χ4n) is 1.97. The third-order valence-electron chi connectivity index (χ3n) is 3.08. The van der Waals surface area contributed by atoms with Crippen molar-refractivity contribution < 1.29 is 4.79 Å². The predicted molar refractivity (Wildman–Crippen MR) is 75.9 cm³/mol. The molecule has 2 rings (SSSR count). The maximum absolute atomic E-state index is 11.0. The van der Waals surface area contributed by atoms with E-state index >= 15 is 0 Å². The first kappa shape index (κ1) is 13.4. The van der Waals surface area contributed by atoms with Crippen LogP contribution in [0.1, 0.15) is 30.3 Å². The Labute approximate surface area is 113 Å². The molecule has 2 aromatic rings. The lowest BCUT2D eigenvalue weighted by molar-refractivity contribution is -0.117. The number of nitrogens with zero attached hydrogens (tertiary/aromatic N) is 2. The molecule has 0 fully saturated rings. The van der Waals surface area contributed by atoms with Gasteiger partial charge in [-0.3, -0.25) is 0 Å². The fourth-order valence-corrected chi connectivity index (χ4v) is 1.97. The molecule has 0 amide bonds. The molecule has 0 aliphatic rings. The van der Waals surface area contributed by atoms with Crippen molar-refractivity contribution in [3.05, 3.63) is 47.4 Å². The van der Waals surface area contributed by atoms with Gasteiger partial charge in [0, 0.05) is 24.6 Å². The van der Waals surface area contributed by atoms with Gasteiger partial charge in [-0.2, -0.15) is 0 Å². The van der Waals surface area contributed by atoms with Crippen LogP contribution < -0.4 is 0 Å². The summed E-state index contributed by atoms with van der Waals surface area (Å²) in [4.78, 5) is 19.8. The van der Waals surface area contributed by atoms with Gasteiger partial charge in [0.2, 0.25) is 0 Å². The molecule has 3 nitrogen and oxygen atoms in total. The minimum atomic E-state index is 0.167. The molecular formula is C16H18N2O. The van der Waals surface area contributed by atoms with E-state index in [1.807, 2.05) is 6.07 Å². The van der Waals surface area contributed by atoms with Crippen LogP contribution in [-0.2, 0) is 11.2 Å². The Morgan fingerprint density at radius 1 is 1.21 bits per heavy atom. The van der Waals surface area contributed by atoms with Crippen molar-refractivity contribution in [3.63, 3.8) is 0 Å². The van der Waals surface area contributed by atoms with Crippen LogP contribution in [0.15, 0.2) is 30.5 Å². The van der Waals surface area contributed by atoms with Gasteiger partial charge in [-0.25, -0.2) is 9.97 Å². The summed E-state index contributed by atoms with van der Waals surface area (Å²) in [6, 6.07) is 8.24. The van der Waals surface area contributed by atoms with E-state index in [0.717, 1.165) is 17.1 Å². The number of rotatable bonds is 4. The molecule has 3 heteroatoms. The monoisotopic (exact) mass is 254 g/mol. The molecule has 0 radical (unpaired) electrons. The number of aromatic nitrogens is 2. The molecule has 1 heterocycles. The highest BCUT2D eigenvalue weighted by atomic mass is 16.1. The second-order valence-corrected chi connectivity index (χ2v) is 4.88. The van der Waals surface area contributed by atoms with Gasteiger partial charge in [-0.1, -0.05) is 17.7 Å². The molecule has 0 aliphatic carbocycles. The van der Waals surface area contributed by atoms with Crippen molar-refractivity contribution in [1.82, 2.24) is 9.97 Å². The number of ketones is 1. The minimum Gasteiger partial charge on any atom is -0.300 e. The van der Waals surface area contributed by atoms with Gasteiger partial charge in [0.1, 0.15) is 11.6 Å². The number of carbonyl (C=O) groups is 1. The molecule has 0 N–H and O–H groups in total. The number of hydrogen-bond donors (Lipinski definition) is 0. The second kappa shape index (κ2) is 5.74. The molecule has 98 valence electrons. The highest BCUT2D eigenvalue weighted by molar-refractivity contribution is 5.75. The number of aryl methyl sites for hydroxylation is 3. The Balaban J connectivity index is 2.32. The minimum absolute atomic E-state index is 0.167. The summed E-state index contributed by atoms with van der Waals surface area (Å²) in [6.45, 7) is 5.74. The maximum atomic E-state index is 11.0. The van der Waals surface area contributed by atoms with E-state index in [9.17, 15) is 4.79 Å². The lowest BCUT2D eigenvalue weighted by Crippen LogP contribution is -2.00.